The third-order valence-corrected chi connectivity index (χ3v) is 4.74. The van der Waals surface area contributed by atoms with Crippen molar-refractivity contribution in [2.75, 3.05) is 27.2 Å². The molecule has 0 radical (unpaired) electrons. The highest BCUT2D eigenvalue weighted by Crippen LogP contribution is 2.22. The van der Waals surface area contributed by atoms with Crippen molar-refractivity contribution in [3.63, 3.8) is 0 Å². The second kappa shape index (κ2) is 10.4. The second-order valence-electron chi connectivity index (χ2n) is 6.96. The van der Waals surface area contributed by atoms with E-state index in [1.165, 1.54) is 12.8 Å². The number of amides is 2. The van der Waals surface area contributed by atoms with Crippen LogP contribution in [0.25, 0.3) is 0 Å². The molecule has 5 nitrogen and oxygen atoms in total. The number of rotatable bonds is 6. The molecule has 2 N–H and O–H groups in total. The maximum absolute atomic E-state index is 12.1. The molecule has 6 heteroatoms. The van der Waals surface area contributed by atoms with Gasteiger partial charge in [-0.25, -0.2) is 0 Å². The van der Waals surface area contributed by atoms with Gasteiger partial charge in [0, 0.05) is 32.6 Å². The van der Waals surface area contributed by atoms with Gasteiger partial charge < -0.3 is 15.5 Å². The van der Waals surface area contributed by atoms with E-state index in [0.29, 0.717) is 30.4 Å². The van der Waals surface area contributed by atoms with E-state index in [1.54, 1.807) is 31.1 Å². The number of benzene rings is 1. The molecule has 1 aromatic rings. The lowest BCUT2D eigenvalue weighted by molar-refractivity contribution is -0.122. The van der Waals surface area contributed by atoms with Crippen molar-refractivity contribution < 1.29 is 9.59 Å². The number of hydrogen-bond acceptors (Lipinski definition) is 3. The Bertz CT molecular complexity index is 554. The van der Waals surface area contributed by atoms with Crippen LogP contribution in [0.3, 0.4) is 0 Å². The molecule has 0 spiro atoms. The molecule has 2 unspecified atom stereocenters. The molecule has 1 saturated heterocycles. The molecular weight excluding hydrogens is 338 g/mol. The van der Waals surface area contributed by atoms with E-state index in [4.69, 9.17) is 0 Å². The topological polar surface area (TPSA) is 61.4 Å². The summed E-state index contributed by atoms with van der Waals surface area (Å²) < 4.78 is 0. The van der Waals surface area contributed by atoms with Crippen molar-refractivity contribution in [2.45, 2.75) is 32.7 Å². The molecule has 25 heavy (non-hydrogen) atoms. The number of halogens is 1. The average molecular weight is 368 g/mol. The van der Waals surface area contributed by atoms with Gasteiger partial charge in [-0.1, -0.05) is 19.1 Å². The Labute approximate surface area is 157 Å². The molecule has 1 aliphatic rings. The minimum absolute atomic E-state index is 0. The fraction of sp³-hybridized carbons (Fsp3) is 0.579. The molecule has 0 aliphatic carbocycles. The number of carbonyl (C=O) groups is 2. The van der Waals surface area contributed by atoms with Gasteiger partial charge in [-0.05, 0) is 55.5 Å². The van der Waals surface area contributed by atoms with Crippen LogP contribution in [0.1, 0.15) is 42.1 Å². The molecule has 0 aromatic heterocycles. The quantitative estimate of drug-likeness (QED) is 0.811. The molecule has 1 aliphatic heterocycles. The Morgan fingerprint density at radius 2 is 1.96 bits per heavy atom. The SMILES string of the molecule is CC(CC(=O)NCc1ccc(C(=O)N(C)C)cc1)C1CCCNC1.Cl. The van der Waals surface area contributed by atoms with Gasteiger partial charge in [0.25, 0.3) is 5.91 Å². The van der Waals surface area contributed by atoms with E-state index in [2.05, 4.69) is 17.6 Å². The molecule has 140 valence electrons. The smallest absolute Gasteiger partial charge is 0.253 e. The normalized spacial score (nSPS) is 18.0. The zero-order chi connectivity index (χ0) is 17.5. The first-order valence-corrected chi connectivity index (χ1v) is 8.75. The number of piperidine rings is 1. The van der Waals surface area contributed by atoms with Crippen molar-refractivity contribution in [1.29, 1.82) is 0 Å². The predicted molar refractivity (Wildman–Crippen MR) is 103 cm³/mol. The summed E-state index contributed by atoms with van der Waals surface area (Å²) in [5.74, 6) is 1.08. The highest BCUT2D eigenvalue weighted by molar-refractivity contribution is 5.93. The Morgan fingerprint density at radius 3 is 2.52 bits per heavy atom. The fourth-order valence-electron chi connectivity index (χ4n) is 3.12. The van der Waals surface area contributed by atoms with Crippen LogP contribution >= 0.6 is 12.4 Å². The van der Waals surface area contributed by atoms with Crippen LogP contribution in [-0.2, 0) is 11.3 Å². The van der Waals surface area contributed by atoms with Crippen molar-refractivity contribution in [3.05, 3.63) is 35.4 Å². The largest absolute Gasteiger partial charge is 0.352 e. The monoisotopic (exact) mass is 367 g/mol. The second-order valence-corrected chi connectivity index (χ2v) is 6.96. The first-order chi connectivity index (χ1) is 11.5. The highest BCUT2D eigenvalue weighted by atomic mass is 35.5. The standard InChI is InChI=1S/C19H29N3O2.ClH/c1-14(17-5-4-10-20-13-17)11-18(23)21-12-15-6-8-16(9-7-15)19(24)22(2)3;/h6-9,14,17,20H,4-5,10-13H2,1-3H3,(H,21,23);1H. The third kappa shape index (κ3) is 6.67. The summed E-state index contributed by atoms with van der Waals surface area (Å²) in [7, 11) is 3.47. The van der Waals surface area contributed by atoms with Crippen LogP contribution in [0.15, 0.2) is 24.3 Å². The lowest BCUT2D eigenvalue weighted by Gasteiger charge is -2.28. The minimum Gasteiger partial charge on any atom is -0.352 e. The lowest BCUT2D eigenvalue weighted by Crippen LogP contribution is -2.35. The van der Waals surface area contributed by atoms with E-state index < -0.39 is 0 Å². The molecular formula is C19H30ClN3O2. The van der Waals surface area contributed by atoms with E-state index in [-0.39, 0.29) is 24.2 Å². The third-order valence-electron chi connectivity index (χ3n) is 4.74. The Hall–Kier alpha value is -1.59. The summed E-state index contributed by atoms with van der Waals surface area (Å²) in [6.45, 7) is 4.79. The van der Waals surface area contributed by atoms with Crippen molar-refractivity contribution in [1.82, 2.24) is 15.5 Å². The van der Waals surface area contributed by atoms with E-state index in [0.717, 1.165) is 18.7 Å². The van der Waals surface area contributed by atoms with Crippen molar-refractivity contribution >= 4 is 24.2 Å². The predicted octanol–water partition coefficient (Wildman–Crippen LogP) is 2.45. The van der Waals surface area contributed by atoms with Crippen LogP contribution in [0.4, 0.5) is 0 Å². The van der Waals surface area contributed by atoms with Gasteiger partial charge in [-0.15, -0.1) is 12.4 Å². The maximum atomic E-state index is 12.1. The molecule has 2 atom stereocenters. The van der Waals surface area contributed by atoms with Gasteiger partial charge in [-0.2, -0.15) is 0 Å². The van der Waals surface area contributed by atoms with E-state index in [9.17, 15) is 9.59 Å². The van der Waals surface area contributed by atoms with Gasteiger partial charge in [0.1, 0.15) is 0 Å². The fourth-order valence-corrected chi connectivity index (χ4v) is 3.12. The number of hydrogen-bond donors (Lipinski definition) is 2. The van der Waals surface area contributed by atoms with Gasteiger partial charge >= 0.3 is 0 Å². The number of nitrogens with zero attached hydrogens (tertiary/aromatic N) is 1. The molecule has 1 heterocycles. The summed E-state index contributed by atoms with van der Waals surface area (Å²) >= 11 is 0. The van der Waals surface area contributed by atoms with Gasteiger partial charge in [0.05, 0.1) is 0 Å². The zero-order valence-electron chi connectivity index (χ0n) is 15.4. The maximum Gasteiger partial charge on any atom is 0.253 e. The Balaban J connectivity index is 0.00000312. The summed E-state index contributed by atoms with van der Waals surface area (Å²) in [5.41, 5.74) is 1.67. The average Bonchev–Trinajstić information content (AvgIpc) is 2.60. The van der Waals surface area contributed by atoms with Crippen LogP contribution in [0.2, 0.25) is 0 Å². The summed E-state index contributed by atoms with van der Waals surface area (Å²) in [6, 6.07) is 7.40. The highest BCUT2D eigenvalue weighted by Gasteiger charge is 2.21. The molecule has 1 aromatic carbocycles. The van der Waals surface area contributed by atoms with Crippen LogP contribution < -0.4 is 10.6 Å². The van der Waals surface area contributed by atoms with E-state index >= 15 is 0 Å². The lowest BCUT2D eigenvalue weighted by atomic mass is 9.85. The Kier molecular flexibility index (Phi) is 8.93. The first kappa shape index (κ1) is 21.5. The first-order valence-electron chi connectivity index (χ1n) is 8.75. The molecule has 0 bridgehead atoms. The number of nitrogens with one attached hydrogen (secondary N) is 2. The molecule has 2 rings (SSSR count). The van der Waals surface area contributed by atoms with E-state index in [1.807, 2.05) is 12.1 Å². The van der Waals surface area contributed by atoms with Crippen LogP contribution in [-0.4, -0.2) is 43.9 Å². The van der Waals surface area contributed by atoms with Crippen molar-refractivity contribution in [2.24, 2.45) is 11.8 Å². The van der Waals surface area contributed by atoms with Gasteiger partial charge in [-0.3, -0.25) is 9.59 Å². The minimum atomic E-state index is -0.0134. The summed E-state index contributed by atoms with van der Waals surface area (Å²) in [6.07, 6.45) is 2.99. The summed E-state index contributed by atoms with van der Waals surface area (Å²) in [4.78, 5) is 25.5. The molecule has 1 fully saturated rings. The molecule has 2 amide bonds. The summed E-state index contributed by atoms with van der Waals surface area (Å²) in [5, 5.41) is 6.39. The Morgan fingerprint density at radius 1 is 1.28 bits per heavy atom. The van der Waals surface area contributed by atoms with Crippen LogP contribution in [0, 0.1) is 11.8 Å². The van der Waals surface area contributed by atoms with Crippen LogP contribution in [0.5, 0.6) is 0 Å². The number of carbonyl (C=O) groups excluding carboxylic acids is 2. The van der Waals surface area contributed by atoms with Gasteiger partial charge in [0.2, 0.25) is 5.91 Å². The van der Waals surface area contributed by atoms with Gasteiger partial charge in [0.15, 0.2) is 0 Å². The van der Waals surface area contributed by atoms with Crippen molar-refractivity contribution in [3.8, 4) is 0 Å². The molecule has 0 saturated carbocycles. The zero-order valence-corrected chi connectivity index (χ0v) is 16.2.